The van der Waals surface area contributed by atoms with E-state index in [0.717, 1.165) is 14.6 Å². The summed E-state index contributed by atoms with van der Waals surface area (Å²) in [6.07, 6.45) is 0. The van der Waals surface area contributed by atoms with Gasteiger partial charge in [-0.15, -0.1) is 0 Å². The second-order valence-corrected chi connectivity index (χ2v) is 5.69. The zero-order valence-corrected chi connectivity index (χ0v) is 12.7. The van der Waals surface area contributed by atoms with Gasteiger partial charge < -0.3 is 5.73 Å². The molecular weight excluding hydrogens is 377 g/mol. The first kappa shape index (κ1) is 12.6. The zero-order valence-electron chi connectivity index (χ0n) is 9.57. The maximum atomic E-state index is 13.7. The molecule has 0 unspecified atom stereocenters. The molecule has 3 aromatic rings. The van der Waals surface area contributed by atoms with Gasteiger partial charge in [0.15, 0.2) is 5.82 Å². The number of imidazole rings is 1. The van der Waals surface area contributed by atoms with E-state index in [1.54, 1.807) is 16.7 Å². The van der Waals surface area contributed by atoms with Crippen LogP contribution in [0.4, 0.5) is 10.3 Å². The average Bonchev–Trinajstić information content (AvgIpc) is 2.68. The number of rotatable bonds is 1. The smallest absolute Gasteiger partial charge is 0.206 e. The third-order valence-corrected chi connectivity index (χ3v) is 4.10. The van der Waals surface area contributed by atoms with Gasteiger partial charge in [0.1, 0.15) is 5.52 Å². The minimum Gasteiger partial charge on any atom is -0.369 e. The minimum absolute atomic E-state index is 0.243. The highest BCUT2D eigenvalue weighted by Crippen LogP contribution is 2.34. The van der Waals surface area contributed by atoms with Gasteiger partial charge in [0.2, 0.25) is 5.95 Å². The van der Waals surface area contributed by atoms with Gasteiger partial charge in [-0.25, -0.2) is 9.37 Å². The minimum atomic E-state index is -0.383. The second-order valence-electron chi connectivity index (χ2n) is 3.98. The molecule has 6 heteroatoms. The van der Waals surface area contributed by atoms with Crippen LogP contribution < -0.4 is 5.73 Å². The first-order valence-electron chi connectivity index (χ1n) is 5.46. The van der Waals surface area contributed by atoms with Gasteiger partial charge in [-0.1, -0.05) is 12.1 Å². The Morgan fingerprint density at radius 3 is 2.37 bits per heavy atom. The normalized spacial score (nSPS) is 11.1. The quantitative estimate of drug-likeness (QED) is 0.680. The molecule has 0 saturated carbocycles. The number of halogens is 3. The molecule has 1 heterocycles. The number of fused-ring (bicyclic) bond motifs is 1. The van der Waals surface area contributed by atoms with E-state index in [1.165, 1.54) is 6.07 Å². The van der Waals surface area contributed by atoms with Gasteiger partial charge in [-0.2, -0.15) is 0 Å². The Balaban J connectivity index is 2.44. The first-order valence-corrected chi connectivity index (χ1v) is 7.05. The Morgan fingerprint density at radius 2 is 1.68 bits per heavy atom. The molecule has 0 radical (unpaired) electrons. The fourth-order valence-electron chi connectivity index (χ4n) is 2.02. The molecule has 19 heavy (non-hydrogen) atoms. The summed E-state index contributed by atoms with van der Waals surface area (Å²) in [7, 11) is 0. The molecule has 0 aliphatic carbocycles. The van der Waals surface area contributed by atoms with E-state index in [0.29, 0.717) is 5.52 Å². The van der Waals surface area contributed by atoms with E-state index in [-0.39, 0.29) is 17.3 Å². The third kappa shape index (κ3) is 1.95. The van der Waals surface area contributed by atoms with Crippen molar-refractivity contribution in [2.75, 3.05) is 5.73 Å². The summed E-state index contributed by atoms with van der Waals surface area (Å²) >= 11 is 6.96. The Labute approximate surface area is 125 Å². The summed E-state index contributed by atoms with van der Waals surface area (Å²) in [5.74, 6) is -0.140. The summed E-state index contributed by atoms with van der Waals surface area (Å²) in [4.78, 5) is 4.10. The molecule has 0 aliphatic rings. The van der Waals surface area contributed by atoms with Crippen LogP contribution in [0.1, 0.15) is 0 Å². The molecule has 0 aliphatic heterocycles. The molecule has 3 rings (SSSR count). The largest absolute Gasteiger partial charge is 0.369 e. The van der Waals surface area contributed by atoms with Crippen molar-refractivity contribution in [1.82, 2.24) is 9.55 Å². The van der Waals surface area contributed by atoms with Gasteiger partial charge in [0.05, 0.1) is 11.2 Å². The van der Waals surface area contributed by atoms with E-state index < -0.39 is 0 Å². The maximum absolute atomic E-state index is 13.7. The molecule has 96 valence electrons. The summed E-state index contributed by atoms with van der Waals surface area (Å²) in [6, 6.07) is 10.5. The number of para-hydroxylation sites is 2. The van der Waals surface area contributed by atoms with Crippen molar-refractivity contribution in [3.8, 4) is 5.69 Å². The van der Waals surface area contributed by atoms with Crippen LogP contribution in [0.15, 0.2) is 45.3 Å². The molecule has 0 saturated heterocycles. The van der Waals surface area contributed by atoms with Crippen molar-refractivity contribution >= 4 is 48.8 Å². The number of benzene rings is 2. The van der Waals surface area contributed by atoms with E-state index in [9.17, 15) is 4.39 Å². The fraction of sp³-hybridized carbons (Fsp3) is 0. The van der Waals surface area contributed by atoms with Crippen LogP contribution in [0.5, 0.6) is 0 Å². The van der Waals surface area contributed by atoms with Crippen molar-refractivity contribution in [1.29, 1.82) is 0 Å². The highest BCUT2D eigenvalue weighted by molar-refractivity contribution is 9.11. The van der Waals surface area contributed by atoms with Crippen LogP contribution in [-0.2, 0) is 0 Å². The van der Waals surface area contributed by atoms with Gasteiger partial charge in [-0.3, -0.25) is 4.57 Å². The van der Waals surface area contributed by atoms with Crippen molar-refractivity contribution in [3.63, 3.8) is 0 Å². The van der Waals surface area contributed by atoms with E-state index in [1.807, 2.05) is 18.2 Å². The maximum Gasteiger partial charge on any atom is 0.206 e. The van der Waals surface area contributed by atoms with Crippen molar-refractivity contribution in [3.05, 3.63) is 51.2 Å². The van der Waals surface area contributed by atoms with Crippen LogP contribution in [0.2, 0.25) is 0 Å². The lowest BCUT2D eigenvalue weighted by Crippen LogP contribution is -2.02. The summed E-state index contributed by atoms with van der Waals surface area (Å²) in [5.41, 5.74) is 7.63. The molecule has 0 fully saturated rings. The van der Waals surface area contributed by atoms with Crippen LogP contribution in [-0.4, -0.2) is 9.55 Å². The highest BCUT2D eigenvalue weighted by atomic mass is 79.9. The van der Waals surface area contributed by atoms with Crippen LogP contribution in [0.3, 0.4) is 0 Å². The van der Waals surface area contributed by atoms with E-state index in [2.05, 4.69) is 36.8 Å². The Morgan fingerprint density at radius 1 is 1.05 bits per heavy atom. The summed E-state index contributed by atoms with van der Waals surface area (Å²) in [6.45, 7) is 0. The number of hydrogen-bond acceptors (Lipinski definition) is 2. The fourth-order valence-corrected chi connectivity index (χ4v) is 3.37. The first-order chi connectivity index (χ1) is 9.09. The average molecular weight is 385 g/mol. The molecule has 1 aromatic heterocycles. The van der Waals surface area contributed by atoms with Gasteiger partial charge >= 0.3 is 0 Å². The SMILES string of the molecule is Nc1nc2c(F)cccc2n1-c1c(Br)cccc1Br. The lowest BCUT2D eigenvalue weighted by molar-refractivity contribution is 0.637. The molecule has 0 spiro atoms. The lowest BCUT2D eigenvalue weighted by Gasteiger charge is -2.11. The summed E-state index contributed by atoms with van der Waals surface area (Å²) in [5, 5.41) is 0. The predicted molar refractivity (Wildman–Crippen MR) is 80.8 cm³/mol. The van der Waals surface area contributed by atoms with Crippen LogP contribution >= 0.6 is 31.9 Å². The molecule has 2 N–H and O–H groups in total. The number of hydrogen-bond donors (Lipinski definition) is 1. The number of nitrogen functional groups attached to an aromatic ring is 1. The van der Waals surface area contributed by atoms with Crippen molar-refractivity contribution in [2.45, 2.75) is 0 Å². The Hall–Kier alpha value is -1.40. The zero-order chi connectivity index (χ0) is 13.6. The number of nitrogens with two attached hydrogens (primary N) is 1. The Kier molecular flexibility index (Phi) is 3.06. The molecule has 2 aromatic carbocycles. The van der Waals surface area contributed by atoms with E-state index >= 15 is 0 Å². The molecular formula is C13H8Br2FN3. The molecule has 0 atom stereocenters. The lowest BCUT2D eigenvalue weighted by atomic mass is 10.2. The van der Waals surface area contributed by atoms with E-state index in [4.69, 9.17) is 5.73 Å². The Bertz CT molecular complexity index is 763. The molecule has 3 nitrogen and oxygen atoms in total. The molecule has 0 bridgehead atoms. The monoisotopic (exact) mass is 383 g/mol. The number of aromatic nitrogens is 2. The van der Waals surface area contributed by atoms with Crippen LogP contribution in [0.25, 0.3) is 16.7 Å². The van der Waals surface area contributed by atoms with Crippen molar-refractivity contribution in [2.24, 2.45) is 0 Å². The standard InChI is InChI=1S/C13H8Br2FN3/c14-7-3-1-4-8(15)12(7)19-10-6-2-5-9(16)11(10)18-13(19)17/h1-6H,(H2,17,18). The predicted octanol–water partition coefficient (Wildman–Crippen LogP) is 4.27. The number of nitrogens with zero attached hydrogens (tertiary/aromatic N) is 2. The topological polar surface area (TPSA) is 43.8 Å². The summed E-state index contributed by atoms with van der Waals surface area (Å²) < 4.78 is 17.1. The molecule has 0 amide bonds. The van der Waals surface area contributed by atoms with Gasteiger partial charge in [0.25, 0.3) is 0 Å². The van der Waals surface area contributed by atoms with Crippen LogP contribution in [0, 0.1) is 5.82 Å². The van der Waals surface area contributed by atoms with Gasteiger partial charge in [-0.05, 0) is 56.1 Å². The second kappa shape index (κ2) is 4.61. The number of anilines is 1. The van der Waals surface area contributed by atoms with Gasteiger partial charge in [0, 0.05) is 8.95 Å². The third-order valence-electron chi connectivity index (χ3n) is 2.82. The van der Waals surface area contributed by atoms with Crippen molar-refractivity contribution < 1.29 is 4.39 Å². The highest BCUT2D eigenvalue weighted by Gasteiger charge is 2.16.